The fraction of sp³-hybridized carbons (Fsp3) is 0.190. The molecule has 0 unspecified atom stereocenters. The van der Waals surface area contributed by atoms with Crippen LogP contribution in [-0.4, -0.2) is 35.6 Å². The largest absolute Gasteiger partial charge is 0.463 e. The van der Waals surface area contributed by atoms with Gasteiger partial charge in [-0.05, 0) is 50.3 Å². The Kier molecular flexibility index (Phi) is 8.24. The first-order valence-electron chi connectivity index (χ1n) is 8.79. The first-order valence-corrected chi connectivity index (χ1v) is 9.54. The third-order valence-electron chi connectivity index (χ3n) is 3.67. The van der Waals surface area contributed by atoms with Crippen LogP contribution in [0.25, 0.3) is 12.2 Å². The van der Waals surface area contributed by atoms with E-state index in [1.807, 2.05) is 0 Å². The van der Waals surface area contributed by atoms with Crippen LogP contribution in [0.2, 0.25) is 10.0 Å². The number of ether oxygens (including phenoxy) is 2. The SMILES string of the molecule is CCOC(=O)/C=C/c1ccc(/C=C/C(=O)OCC)n1C(=O)c1c(Cl)cccc1Cl. The highest BCUT2D eigenvalue weighted by atomic mass is 35.5. The predicted molar refractivity (Wildman–Crippen MR) is 112 cm³/mol. The third-order valence-corrected chi connectivity index (χ3v) is 4.30. The van der Waals surface area contributed by atoms with Crippen molar-refractivity contribution >= 4 is 53.2 Å². The monoisotopic (exact) mass is 435 g/mol. The van der Waals surface area contributed by atoms with E-state index in [1.54, 1.807) is 44.2 Å². The summed E-state index contributed by atoms with van der Waals surface area (Å²) in [4.78, 5) is 36.5. The molecule has 2 rings (SSSR count). The van der Waals surface area contributed by atoms with Gasteiger partial charge in [0.15, 0.2) is 0 Å². The van der Waals surface area contributed by atoms with Gasteiger partial charge < -0.3 is 9.47 Å². The molecule has 0 fully saturated rings. The summed E-state index contributed by atoms with van der Waals surface area (Å²) < 4.78 is 11.0. The Morgan fingerprint density at radius 3 is 1.72 bits per heavy atom. The van der Waals surface area contributed by atoms with E-state index in [9.17, 15) is 14.4 Å². The van der Waals surface area contributed by atoms with Crippen LogP contribution in [0.15, 0.2) is 42.5 Å². The molecule has 0 radical (unpaired) electrons. The molecule has 0 saturated carbocycles. The van der Waals surface area contributed by atoms with Gasteiger partial charge >= 0.3 is 11.9 Å². The molecule has 0 aliphatic rings. The summed E-state index contributed by atoms with van der Waals surface area (Å²) in [5.74, 6) is -1.61. The number of halogens is 2. The fourth-order valence-corrected chi connectivity index (χ4v) is 3.02. The topological polar surface area (TPSA) is 74.6 Å². The van der Waals surface area contributed by atoms with Crippen molar-refractivity contribution in [3.05, 3.63) is 69.5 Å². The molecule has 8 heteroatoms. The molecule has 2 aromatic rings. The molecule has 0 aliphatic heterocycles. The number of hydrogen-bond acceptors (Lipinski definition) is 5. The summed E-state index contributed by atoms with van der Waals surface area (Å²) in [6.45, 7) is 3.84. The molecule has 0 atom stereocenters. The Hall–Kier alpha value is -2.83. The predicted octanol–water partition coefficient (Wildman–Crippen LogP) is 4.64. The maximum absolute atomic E-state index is 13.2. The van der Waals surface area contributed by atoms with Crippen LogP contribution in [-0.2, 0) is 19.1 Å². The fourth-order valence-electron chi connectivity index (χ4n) is 2.47. The second-order valence-electron chi connectivity index (χ2n) is 5.59. The highest BCUT2D eigenvalue weighted by Gasteiger charge is 2.20. The average Bonchev–Trinajstić information content (AvgIpc) is 3.08. The van der Waals surface area contributed by atoms with Crippen molar-refractivity contribution in [1.29, 1.82) is 0 Å². The molecule has 6 nitrogen and oxygen atoms in total. The number of carbonyl (C=O) groups excluding carboxylic acids is 3. The Labute approximate surface area is 178 Å². The lowest BCUT2D eigenvalue weighted by Crippen LogP contribution is -2.16. The molecular weight excluding hydrogens is 417 g/mol. The van der Waals surface area contributed by atoms with E-state index in [0.717, 1.165) is 0 Å². The van der Waals surface area contributed by atoms with Gasteiger partial charge in [0.2, 0.25) is 0 Å². The number of nitrogens with zero attached hydrogens (tertiary/aromatic N) is 1. The van der Waals surface area contributed by atoms with Crippen molar-refractivity contribution in [2.45, 2.75) is 13.8 Å². The number of benzene rings is 1. The Bertz CT molecular complexity index is 910. The Morgan fingerprint density at radius 1 is 0.862 bits per heavy atom. The smallest absolute Gasteiger partial charge is 0.330 e. The van der Waals surface area contributed by atoms with E-state index >= 15 is 0 Å². The molecule has 29 heavy (non-hydrogen) atoms. The van der Waals surface area contributed by atoms with Crippen molar-refractivity contribution in [3.63, 3.8) is 0 Å². The molecule has 1 aromatic carbocycles. The highest BCUT2D eigenvalue weighted by molar-refractivity contribution is 6.39. The van der Waals surface area contributed by atoms with Crippen molar-refractivity contribution in [2.24, 2.45) is 0 Å². The van der Waals surface area contributed by atoms with E-state index in [1.165, 1.54) is 28.9 Å². The lowest BCUT2D eigenvalue weighted by molar-refractivity contribution is -0.138. The minimum atomic E-state index is -0.549. The van der Waals surface area contributed by atoms with Crippen LogP contribution in [0, 0.1) is 0 Å². The first-order chi connectivity index (χ1) is 13.9. The molecule has 0 amide bonds. The molecule has 0 spiro atoms. The quantitative estimate of drug-likeness (QED) is 0.467. The van der Waals surface area contributed by atoms with Gasteiger partial charge in [0.1, 0.15) is 0 Å². The maximum atomic E-state index is 13.2. The van der Waals surface area contributed by atoms with Crippen LogP contribution < -0.4 is 0 Å². The van der Waals surface area contributed by atoms with Crippen molar-refractivity contribution in [3.8, 4) is 0 Å². The average molecular weight is 436 g/mol. The molecule has 0 aliphatic carbocycles. The summed E-state index contributed by atoms with van der Waals surface area (Å²) in [5.41, 5.74) is 0.855. The zero-order valence-corrected chi connectivity index (χ0v) is 17.4. The molecule has 0 bridgehead atoms. The van der Waals surface area contributed by atoms with Gasteiger partial charge in [-0.1, -0.05) is 29.3 Å². The number of carbonyl (C=O) groups is 3. The van der Waals surface area contributed by atoms with Crippen LogP contribution in [0.5, 0.6) is 0 Å². The van der Waals surface area contributed by atoms with Gasteiger partial charge in [0, 0.05) is 23.5 Å². The molecule has 0 N–H and O–H groups in total. The summed E-state index contributed by atoms with van der Waals surface area (Å²) >= 11 is 12.4. The zero-order valence-electron chi connectivity index (χ0n) is 15.9. The molecule has 152 valence electrons. The highest BCUT2D eigenvalue weighted by Crippen LogP contribution is 2.27. The maximum Gasteiger partial charge on any atom is 0.330 e. The standard InChI is InChI=1S/C21H19Cl2NO5/c1-3-28-18(25)12-10-14-8-9-15(11-13-19(26)29-4-2)24(14)21(27)20-16(22)6-5-7-17(20)23/h5-13H,3-4H2,1-2H3/b12-10+,13-11+. The van der Waals surface area contributed by atoms with Gasteiger partial charge in [-0.15, -0.1) is 0 Å². The number of hydrogen-bond donors (Lipinski definition) is 0. The van der Waals surface area contributed by atoms with E-state index in [2.05, 4.69) is 0 Å². The van der Waals surface area contributed by atoms with Crippen molar-refractivity contribution in [2.75, 3.05) is 13.2 Å². The van der Waals surface area contributed by atoms with Gasteiger partial charge in [-0.25, -0.2) is 9.59 Å². The normalized spacial score (nSPS) is 11.2. The number of esters is 2. The van der Waals surface area contributed by atoms with Crippen molar-refractivity contribution in [1.82, 2.24) is 4.57 Å². The van der Waals surface area contributed by atoms with Gasteiger partial charge in [0.25, 0.3) is 5.91 Å². The summed E-state index contributed by atoms with van der Waals surface area (Å²) in [7, 11) is 0. The Balaban J connectivity index is 2.52. The van der Waals surface area contributed by atoms with Gasteiger partial charge in [-0.2, -0.15) is 0 Å². The summed E-state index contributed by atoms with van der Waals surface area (Å²) in [6.07, 6.45) is 5.27. The number of rotatable bonds is 7. The van der Waals surface area contributed by atoms with E-state index in [0.29, 0.717) is 11.4 Å². The Morgan fingerprint density at radius 2 is 1.31 bits per heavy atom. The van der Waals surface area contributed by atoms with E-state index in [-0.39, 0.29) is 28.8 Å². The van der Waals surface area contributed by atoms with Gasteiger partial charge in [-0.3, -0.25) is 9.36 Å². The molecule has 1 aromatic heterocycles. The first kappa shape index (κ1) is 22.5. The second-order valence-corrected chi connectivity index (χ2v) is 6.41. The zero-order chi connectivity index (χ0) is 21.4. The molecular formula is C21H19Cl2NO5. The molecule has 0 saturated heterocycles. The lowest BCUT2D eigenvalue weighted by Gasteiger charge is -2.11. The second kappa shape index (κ2) is 10.6. The summed E-state index contributed by atoms with van der Waals surface area (Å²) in [5, 5.41) is 0.355. The van der Waals surface area contributed by atoms with Crippen molar-refractivity contribution < 1.29 is 23.9 Å². The van der Waals surface area contributed by atoms with Gasteiger partial charge in [0.05, 0.1) is 28.8 Å². The van der Waals surface area contributed by atoms with E-state index < -0.39 is 17.8 Å². The van der Waals surface area contributed by atoms with Crippen LogP contribution >= 0.6 is 23.2 Å². The third kappa shape index (κ3) is 5.82. The van der Waals surface area contributed by atoms with E-state index in [4.69, 9.17) is 32.7 Å². The summed E-state index contributed by atoms with van der Waals surface area (Å²) in [6, 6.07) is 7.95. The van der Waals surface area contributed by atoms with Crippen LogP contribution in [0.4, 0.5) is 0 Å². The minimum Gasteiger partial charge on any atom is -0.463 e. The van der Waals surface area contributed by atoms with Crippen LogP contribution in [0.3, 0.4) is 0 Å². The molecule has 1 heterocycles. The minimum absolute atomic E-state index is 0.101. The lowest BCUT2D eigenvalue weighted by atomic mass is 10.2. The number of aromatic nitrogens is 1. The van der Waals surface area contributed by atoms with Crippen LogP contribution in [0.1, 0.15) is 35.6 Å².